The number of likely N-dealkylation sites (N-methyl/N-ethyl adjacent to an activating group) is 1. The van der Waals surface area contributed by atoms with Crippen LogP contribution in [0.4, 0.5) is 0 Å². The molecule has 0 spiro atoms. The Balaban J connectivity index is 1.79. The summed E-state index contributed by atoms with van der Waals surface area (Å²) in [6.07, 6.45) is 7.98. The lowest BCUT2D eigenvalue weighted by molar-refractivity contribution is 0.209. The Kier molecular flexibility index (Phi) is 3.16. The van der Waals surface area contributed by atoms with E-state index in [0.717, 1.165) is 13.1 Å². The summed E-state index contributed by atoms with van der Waals surface area (Å²) in [5.41, 5.74) is 1.44. The Bertz CT molecular complexity index is 367. The normalized spacial score (nSPS) is 30.9. The first-order chi connectivity index (χ1) is 8.34. The highest BCUT2D eigenvalue weighted by Gasteiger charge is 2.25. The number of hydrogen-bond donors (Lipinski definition) is 1. The topological polar surface area (TPSA) is 33.1 Å². The van der Waals surface area contributed by atoms with Crippen molar-refractivity contribution >= 4 is 0 Å². The van der Waals surface area contributed by atoms with E-state index in [2.05, 4.69) is 33.0 Å². The van der Waals surface area contributed by atoms with Crippen LogP contribution in [0.25, 0.3) is 0 Å². The second kappa shape index (κ2) is 4.78. The molecule has 0 radical (unpaired) electrons. The van der Waals surface area contributed by atoms with Gasteiger partial charge >= 0.3 is 0 Å². The molecule has 3 heterocycles. The molecule has 3 rings (SSSR count). The second-order valence-corrected chi connectivity index (χ2v) is 5.47. The fourth-order valence-corrected chi connectivity index (χ4v) is 3.21. The van der Waals surface area contributed by atoms with Gasteiger partial charge in [-0.2, -0.15) is 0 Å². The van der Waals surface area contributed by atoms with Crippen molar-refractivity contribution in [1.29, 1.82) is 0 Å². The molecule has 0 aliphatic carbocycles. The number of hydrogen-bond acceptors (Lipinski definition) is 3. The smallest absolute Gasteiger partial charge is 0.0951 e. The van der Waals surface area contributed by atoms with Gasteiger partial charge in [0.15, 0.2) is 0 Å². The van der Waals surface area contributed by atoms with Gasteiger partial charge in [-0.25, -0.2) is 4.98 Å². The number of likely N-dealkylation sites (tertiary alicyclic amines) is 1. The molecule has 0 saturated carbocycles. The Labute approximate surface area is 103 Å². The fraction of sp³-hybridized carbons (Fsp3) is 0.769. The number of rotatable bonds is 2. The van der Waals surface area contributed by atoms with Crippen LogP contribution in [0, 0.1) is 0 Å². The van der Waals surface area contributed by atoms with Crippen molar-refractivity contribution in [2.75, 3.05) is 33.2 Å². The minimum atomic E-state index is 0.631. The summed E-state index contributed by atoms with van der Waals surface area (Å²) < 4.78 is 2.44. The average molecular weight is 234 g/mol. The van der Waals surface area contributed by atoms with E-state index in [1.807, 2.05) is 6.33 Å². The van der Waals surface area contributed by atoms with Crippen molar-refractivity contribution < 1.29 is 0 Å². The first kappa shape index (κ1) is 11.2. The van der Waals surface area contributed by atoms with E-state index in [9.17, 15) is 0 Å². The van der Waals surface area contributed by atoms with Crippen LogP contribution in [0.3, 0.4) is 0 Å². The predicted octanol–water partition coefficient (Wildman–Crippen LogP) is 1.23. The summed E-state index contributed by atoms with van der Waals surface area (Å²) in [6, 6.07) is 0.631. The van der Waals surface area contributed by atoms with Gasteiger partial charge in [0, 0.05) is 36.9 Å². The Hall–Kier alpha value is -0.870. The highest BCUT2D eigenvalue weighted by molar-refractivity contribution is 5.11. The van der Waals surface area contributed by atoms with Crippen LogP contribution >= 0.6 is 0 Å². The predicted molar refractivity (Wildman–Crippen MR) is 68.2 cm³/mol. The number of piperidine rings is 1. The summed E-state index contributed by atoms with van der Waals surface area (Å²) in [5, 5.41) is 3.45. The molecule has 0 amide bonds. The number of nitrogens with one attached hydrogen (secondary N) is 1. The summed E-state index contributed by atoms with van der Waals surface area (Å²) >= 11 is 0. The molecule has 1 aromatic rings. The molecule has 1 aromatic heterocycles. The van der Waals surface area contributed by atoms with Gasteiger partial charge in [-0.1, -0.05) is 0 Å². The highest BCUT2D eigenvalue weighted by atomic mass is 15.2. The zero-order chi connectivity index (χ0) is 11.7. The summed E-state index contributed by atoms with van der Waals surface area (Å²) in [4.78, 5) is 6.82. The van der Waals surface area contributed by atoms with Gasteiger partial charge in [-0.3, -0.25) is 0 Å². The number of imidazole rings is 1. The SMILES string of the molecule is CN1CCCC(n2cncc2C2CCNC2)C1. The van der Waals surface area contributed by atoms with E-state index in [-0.39, 0.29) is 0 Å². The molecule has 2 unspecified atom stereocenters. The Morgan fingerprint density at radius 3 is 3.12 bits per heavy atom. The van der Waals surface area contributed by atoms with Crippen molar-refractivity contribution in [3.63, 3.8) is 0 Å². The molecule has 0 bridgehead atoms. The molecular weight excluding hydrogens is 212 g/mol. The van der Waals surface area contributed by atoms with E-state index in [1.54, 1.807) is 0 Å². The highest BCUT2D eigenvalue weighted by Crippen LogP contribution is 2.28. The Morgan fingerprint density at radius 2 is 2.35 bits per heavy atom. The van der Waals surface area contributed by atoms with E-state index in [0.29, 0.717) is 12.0 Å². The van der Waals surface area contributed by atoms with Crippen LogP contribution in [-0.4, -0.2) is 47.7 Å². The number of nitrogens with zero attached hydrogens (tertiary/aromatic N) is 3. The minimum absolute atomic E-state index is 0.631. The van der Waals surface area contributed by atoms with Crippen molar-refractivity contribution in [2.45, 2.75) is 31.2 Å². The third-order valence-corrected chi connectivity index (χ3v) is 4.17. The van der Waals surface area contributed by atoms with Gasteiger partial charge in [0.25, 0.3) is 0 Å². The maximum Gasteiger partial charge on any atom is 0.0951 e. The minimum Gasteiger partial charge on any atom is -0.330 e. The lowest BCUT2D eigenvalue weighted by atomic mass is 10.0. The van der Waals surface area contributed by atoms with Crippen molar-refractivity contribution in [3.05, 3.63) is 18.2 Å². The van der Waals surface area contributed by atoms with E-state index >= 15 is 0 Å². The van der Waals surface area contributed by atoms with Gasteiger partial charge in [0.1, 0.15) is 0 Å². The molecule has 4 heteroatoms. The van der Waals surface area contributed by atoms with Gasteiger partial charge in [-0.05, 0) is 39.4 Å². The van der Waals surface area contributed by atoms with Crippen LogP contribution < -0.4 is 5.32 Å². The van der Waals surface area contributed by atoms with E-state index in [1.165, 1.54) is 38.0 Å². The number of aromatic nitrogens is 2. The lowest BCUT2D eigenvalue weighted by Crippen LogP contribution is -2.34. The van der Waals surface area contributed by atoms with Crippen LogP contribution in [0.1, 0.15) is 36.9 Å². The quantitative estimate of drug-likeness (QED) is 0.835. The zero-order valence-corrected chi connectivity index (χ0v) is 10.6. The van der Waals surface area contributed by atoms with Crippen molar-refractivity contribution in [1.82, 2.24) is 19.8 Å². The van der Waals surface area contributed by atoms with Gasteiger partial charge in [0.05, 0.1) is 6.33 Å². The van der Waals surface area contributed by atoms with Gasteiger partial charge in [-0.15, -0.1) is 0 Å². The Morgan fingerprint density at radius 1 is 1.41 bits per heavy atom. The lowest BCUT2D eigenvalue weighted by Gasteiger charge is -2.32. The molecular formula is C13H22N4. The average Bonchev–Trinajstić information content (AvgIpc) is 3.00. The summed E-state index contributed by atoms with van der Waals surface area (Å²) in [7, 11) is 2.22. The van der Waals surface area contributed by atoms with Gasteiger partial charge < -0.3 is 14.8 Å². The fourth-order valence-electron chi connectivity index (χ4n) is 3.21. The zero-order valence-electron chi connectivity index (χ0n) is 10.6. The van der Waals surface area contributed by atoms with Crippen LogP contribution in [0.15, 0.2) is 12.5 Å². The van der Waals surface area contributed by atoms with Crippen molar-refractivity contribution in [3.8, 4) is 0 Å². The summed E-state index contributed by atoms with van der Waals surface area (Å²) in [5.74, 6) is 0.671. The molecule has 2 saturated heterocycles. The molecule has 2 aliphatic rings. The molecule has 2 atom stereocenters. The van der Waals surface area contributed by atoms with Crippen LogP contribution in [-0.2, 0) is 0 Å². The molecule has 2 fully saturated rings. The molecule has 17 heavy (non-hydrogen) atoms. The van der Waals surface area contributed by atoms with Crippen molar-refractivity contribution in [2.24, 2.45) is 0 Å². The largest absolute Gasteiger partial charge is 0.330 e. The second-order valence-electron chi connectivity index (χ2n) is 5.47. The third-order valence-electron chi connectivity index (χ3n) is 4.17. The van der Waals surface area contributed by atoms with Crippen LogP contribution in [0.5, 0.6) is 0 Å². The molecule has 1 N–H and O–H groups in total. The van der Waals surface area contributed by atoms with E-state index in [4.69, 9.17) is 0 Å². The van der Waals surface area contributed by atoms with E-state index < -0.39 is 0 Å². The maximum absolute atomic E-state index is 4.38. The molecule has 2 aliphatic heterocycles. The first-order valence-electron chi connectivity index (χ1n) is 6.75. The molecule has 4 nitrogen and oxygen atoms in total. The third kappa shape index (κ3) is 2.24. The molecule has 0 aromatic carbocycles. The summed E-state index contributed by atoms with van der Waals surface area (Å²) in [6.45, 7) is 4.68. The monoisotopic (exact) mass is 234 g/mol. The maximum atomic E-state index is 4.38. The van der Waals surface area contributed by atoms with Gasteiger partial charge in [0.2, 0.25) is 0 Å². The standard InChI is InChI=1S/C13H22N4/c1-16-6-2-3-12(9-16)17-10-15-8-13(17)11-4-5-14-7-11/h8,10-12,14H,2-7,9H2,1H3. The molecule has 94 valence electrons. The van der Waals surface area contributed by atoms with Crippen LogP contribution in [0.2, 0.25) is 0 Å². The first-order valence-corrected chi connectivity index (χ1v) is 6.75.